The molecule has 2 N–H and O–H groups in total. The molecule has 9 heteroatoms. The average Bonchev–Trinajstić information content (AvgIpc) is 3.27. The highest BCUT2D eigenvalue weighted by molar-refractivity contribution is 5.96. The van der Waals surface area contributed by atoms with Crippen molar-refractivity contribution >= 4 is 28.4 Å². The summed E-state index contributed by atoms with van der Waals surface area (Å²) in [5.41, 5.74) is 3.40. The number of hydrogen-bond acceptors (Lipinski definition) is 7. The summed E-state index contributed by atoms with van der Waals surface area (Å²) in [6.45, 7) is 3.17. The number of carboxylic acid groups (broad SMARTS) is 1. The van der Waals surface area contributed by atoms with Crippen molar-refractivity contribution in [2.45, 2.75) is 32.4 Å². The molecule has 0 aliphatic carbocycles. The normalized spacial score (nSPS) is 17.3. The molecule has 0 saturated carbocycles. The van der Waals surface area contributed by atoms with E-state index in [2.05, 4.69) is 16.4 Å². The van der Waals surface area contributed by atoms with Crippen LogP contribution in [-0.2, 0) is 11.3 Å². The van der Waals surface area contributed by atoms with E-state index in [-0.39, 0.29) is 17.5 Å². The molecule has 188 valence electrons. The van der Waals surface area contributed by atoms with Crippen molar-refractivity contribution in [2.24, 2.45) is 5.92 Å². The maximum absolute atomic E-state index is 11.5. The van der Waals surface area contributed by atoms with Crippen molar-refractivity contribution in [3.05, 3.63) is 77.5 Å². The Morgan fingerprint density at radius 1 is 1.27 bits per heavy atom. The Labute approximate surface area is 214 Å². The number of nitrogens with zero attached hydrogens (tertiary/aromatic N) is 4. The number of anilines is 2. The Balaban J connectivity index is 1.57. The van der Waals surface area contributed by atoms with E-state index < -0.39 is 5.97 Å². The SMILES string of the molecule is Cc1cc(Nc2nn(C3COCC[C@@H]3CC#N)c3ccnc(OCc4ccccc4)c23)ccc1C(=O)O. The van der Waals surface area contributed by atoms with Crippen molar-refractivity contribution in [3.8, 4) is 11.9 Å². The number of carboxylic acids is 1. The van der Waals surface area contributed by atoms with Crippen LogP contribution in [0.5, 0.6) is 5.88 Å². The summed E-state index contributed by atoms with van der Waals surface area (Å²) in [7, 11) is 0. The number of rotatable bonds is 8. The number of benzene rings is 2. The molecule has 2 atom stereocenters. The van der Waals surface area contributed by atoms with Crippen LogP contribution in [0.25, 0.3) is 10.9 Å². The first kappa shape index (κ1) is 24.3. The molecule has 2 aromatic heterocycles. The van der Waals surface area contributed by atoms with Gasteiger partial charge in [0.05, 0.1) is 29.8 Å². The molecule has 2 aromatic carbocycles. The molecule has 37 heavy (non-hydrogen) atoms. The van der Waals surface area contributed by atoms with E-state index in [9.17, 15) is 15.2 Å². The summed E-state index contributed by atoms with van der Waals surface area (Å²) in [5, 5.41) is 27.8. The Kier molecular flexibility index (Phi) is 7.01. The predicted molar refractivity (Wildman–Crippen MR) is 138 cm³/mol. The first-order chi connectivity index (χ1) is 18.0. The van der Waals surface area contributed by atoms with Crippen LogP contribution >= 0.6 is 0 Å². The summed E-state index contributed by atoms with van der Waals surface area (Å²) in [5.74, 6) is 0.103. The number of hydrogen-bond donors (Lipinski definition) is 2. The van der Waals surface area contributed by atoms with Gasteiger partial charge in [-0.2, -0.15) is 10.4 Å². The van der Waals surface area contributed by atoms with Gasteiger partial charge in [0.25, 0.3) is 0 Å². The van der Waals surface area contributed by atoms with Crippen molar-refractivity contribution in [1.82, 2.24) is 14.8 Å². The third kappa shape index (κ3) is 5.10. The van der Waals surface area contributed by atoms with E-state index in [1.165, 1.54) is 0 Å². The third-order valence-electron chi connectivity index (χ3n) is 6.66. The minimum Gasteiger partial charge on any atom is -0.478 e. The topological polar surface area (TPSA) is 122 Å². The lowest BCUT2D eigenvalue weighted by Gasteiger charge is -2.30. The lowest BCUT2D eigenvalue weighted by Crippen LogP contribution is -2.30. The molecule has 9 nitrogen and oxygen atoms in total. The molecule has 1 aliphatic rings. The third-order valence-corrected chi connectivity index (χ3v) is 6.66. The molecule has 1 fully saturated rings. The van der Waals surface area contributed by atoms with E-state index >= 15 is 0 Å². The highest BCUT2D eigenvalue weighted by Crippen LogP contribution is 2.38. The molecule has 1 saturated heterocycles. The monoisotopic (exact) mass is 497 g/mol. The van der Waals surface area contributed by atoms with Gasteiger partial charge in [0.2, 0.25) is 5.88 Å². The van der Waals surface area contributed by atoms with Crippen LogP contribution in [0.2, 0.25) is 0 Å². The van der Waals surface area contributed by atoms with E-state index in [1.807, 2.05) is 41.1 Å². The van der Waals surface area contributed by atoms with Crippen molar-refractivity contribution in [1.29, 1.82) is 5.26 Å². The summed E-state index contributed by atoms with van der Waals surface area (Å²) in [4.78, 5) is 16.0. The Morgan fingerprint density at radius 3 is 2.86 bits per heavy atom. The summed E-state index contributed by atoms with van der Waals surface area (Å²) in [6, 6.07) is 19.0. The number of ether oxygens (including phenoxy) is 2. The van der Waals surface area contributed by atoms with E-state index in [0.29, 0.717) is 54.6 Å². The quantitative estimate of drug-likeness (QED) is 0.338. The molecule has 1 aliphatic heterocycles. The van der Waals surface area contributed by atoms with Crippen molar-refractivity contribution in [3.63, 3.8) is 0 Å². The highest BCUT2D eigenvalue weighted by atomic mass is 16.5. The van der Waals surface area contributed by atoms with Gasteiger partial charge in [0, 0.05) is 24.9 Å². The maximum atomic E-state index is 11.5. The fourth-order valence-electron chi connectivity index (χ4n) is 4.74. The Hall–Kier alpha value is -4.42. The van der Waals surface area contributed by atoms with Crippen LogP contribution in [0.4, 0.5) is 11.5 Å². The number of nitrogens with one attached hydrogen (secondary N) is 1. The number of fused-ring (bicyclic) bond motifs is 1. The largest absolute Gasteiger partial charge is 0.478 e. The first-order valence-electron chi connectivity index (χ1n) is 12.1. The highest BCUT2D eigenvalue weighted by Gasteiger charge is 2.31. The summed E-state index contributed by atoms with van der Waals surface area (Å²) in [6.07, 6.45) is 2.89. The average molecular weight is 498 g/mol. The maximum Gasteiger partial charge on any atom is 0.335 e. The Bertz CT molecular complexity index is 1460. The van der Waals surface area contributed by atoms with Gasteiger partial charge < -0.3 is 19.9 Å². The van der Waals surface area contributed by atoms with Crippen LogP contribution in [0.1, 0.15) is 40.4 Å². The molecule has 4 aromatic rings. The Morgan fingerprint density at radius 2 is 2.11 bits per heavy atom. The van der Waals surface area contributed by atoms with Crippen LogP contribution in [0.15, 0.2) is 60.8 Å². The summed E-state index contributed by atoms with van der Waals surface area (Å²) < 4.78 is 13.9. The van der Waals surface area contributed by atoms with Crippen molar-refractivity contribution in [2.75, 3.05) is 18.5 Å². The zero-order chi connectivity index (χ0) is 25.8. The molecule has 0 bridgehead atoms. The summed E-state index contributed by atoms with van der Waals surface area (Å²) >= 11 is 0. The lowest BCUT2D eigenvalue weighted by molar-refractivity contribution is 0.0211. The number of aromatic nitrogens is 3. The second-order valence-corrected chi connectivity index (χ2v) is 9.09. The van der Waals surface area contributed by atoms with Crippen LogP contribution in [0, 0.1) is 24.2 Å². The number of nitriles is 1. The van der Waals surface area contributed by atoms with Crippen LogP contribution < -0.4 is 10.1 Å². The predicted octanol–water partition coefficient (Wildman–Crippen LogP) is 5.25. The van der Waals surface area contributed by atoms with Crippen LogP contribution in [-0.4, -0.2) is 39.1 Å². The number of aryl methyl sites for hydroxylation is 1. The van der Waals surface area contributed by atoms with Crippen molar-refractivity contribution < 1.29 is 19.4 Å². The molecule has 1 unspecified atom stereocenters. The van der Waals surface area contributed by atoms with E-state index in [4.69, 9.17) is 14.6 Å². The second-order valence-electron chi connectivity index (χ2n) is 9.09. The van der Waals surface area contributed by atoms with Gasteiger partial charge in [0.1, 0.15) is 12.0 Å². The zero-order valence-electron chi connectivity index (χ0n) is 20.4. The molecule has 3 heterocycles. The number of aromatic carboxylic acids is 1. The lowest BCUT2D eigenvalue weighted by atomic mass is 9.92. The van der Waals surface area contributed by atoms with Gasteiger partial charge in [-0.25, -0.2) is 9.78 Å². The van der Waals surface area contributed by atoms with Crippen LogP contribution in [0.3, 0.4) is 0 Å². The van der Waals surface area contributed by atoms with E-state index in [1.54, 1.807) is 31.3 Å². The zero-order valence-corrected chi connectivity index (χ0v) is 20.4. The fourth-order valence-corrected chi connectivity index (χ4v) is 4.74. The molecule has 0 radical (unpaired) electrons. The van der Waals surface area contributed by atoms with Gasteiger partial charge >= 0.3 is 5.97 Å². The van der Waals surface area contributed by atoms with E-state index in [0.717, 1.165) is 17.5 Å². The van der Waals surface area contributed by atoms with Gasteiger partial charge in [-0.3, -0.25) is 4.68 Å². The standard InChI is InChI=1S/C28H27N5O4/c1-18-15-21(7-8-22(18)28(34)35)31-26-25-23(33(32-26)24-17-36-14-11-20(24)9-12-29)10-13-30-27(25)37-16-19-5-3-2-4-6-19/h2-8,10,13,15,20,24H,9,11,14,16-17H2,1H3,(H,31,32)(H,34,35)/t20-,24?/m0/s1. The smallest absolute Gasteiger partial charge is 0.335 e. The van der Waals surface area contributed by atoms with Gasteiger partial charge in [0.15, 0.2) is 5.82 Å². The molecule has 5 rings (SSSR count). The molecular weight excluding hydrogens is 470 g/mol. The molecular formula is C28H27N5O4. The van der Waals surface area contributed by atoms with Gasteiger partial charge in [-0.1, -0.05) is 30.3 Å². The second kappa shape index (κ2) is 10.7. The number of pyridine rings is 1. The minimum atomic E-state index is -0.972. The molecule has 0 spiro atoms. The van der Waals surface area contributed by atoms with Gasteiger partial charge in [-0.05, 0) is 54.7 Å². The van der Waals surface area contributed by atoms with Gasteiger partial charge in [-0.15, -0.1) is 0 Å². The number of carbonyl (C=O) groups is 1. The fraction of sp³-hybridized carbons (Fsp3) is 0.286. The molecule has 0 amide bonds. The minimum absolute atomic E-state index is 0.105. The first-order valence-corrected chi connectivity index (χ1v) is 12.1.